The Morgan fingerprint density at radius 3 is 2.36 bits per heavy atom. The number of sulfonamides is 1. The van der Waals surface area contributed by atoms with Crippen molar-refractivity contribution in [3.8, 4) is 11.8 Å². The lowest BCUT2D eigenvalue weighted by Gasteiger charge is -2.30. The van der Waals surface area contributed by atoms with E-state index in [1.165, 1.54) is 27.3 Å². The number of amides is 2. The molecule has 0 aliphatic carbocycles. The molecule has 1 aliphatic heterocycles. The van der Waals surface area contributed by atoms with Crippen molar-refractivity contribution in [3.05, 3.63) is 106 Å². The third-order valence-corrected chi connectivity index (χ3v) is 9.93. The number of carbonyl (C=O) groups is 2. The van der Waals surface area contributed by atoms with Crippen LogP contribution in [0.4, 0.5) is 11.4 Å². The molecule has 0 fully saturated rings. The molecule has 10 nitrogen and oxygen atoms in total. The first kappa shape index (κ1) is 32.3. The lowest BCUT2D eigenvalue weighted by molar-refractivity contribution is -0.114. The van der Waals surface area contributed by atoms with Gasteiger partial charge in [-0.3, -0.25) is 9.59 Å². The molecule has 0 unspecified atom stereocenters. The van der Waals surface area contributed by atoms with Crippen LogP contribution >= 0.6 is 11.8 Å². The van der Waals surface area contributed by atoms with Gasteiger partial charge in [-0.05, 0) is 49.2 Å². The van der Waals surface area contributed by atoms with Crippen molar-refractivity contribution in [1.29, 1.82) is 5.26 Å². The summed E-state index contributed by atoms with van der Waals surface area (Å²) in [5, 5.41) is 19.6. The van der Waals surface area contributed by atoms with Crippen molar-refractivity contribution in [3.63, 3.8) is 0 Å². The van der Waals surface area contributed by atoms with Crippen LogP contribution in [0.2, 0.25) is 0 Å². The highest BCUT2D eigenvalue weighted by Crippen LogP contribution is 2.41. The molecule has 1 atom stereocenters. The number of hydrogen-bond donors (Lipinski definition) is 3. The quantitative estimate of drug-likeness (QED) is 0.285. The van der Waals surface area contributed by atoms with Crippen molar-refractivity contribution in [2.45, 2.75) is 24.7 Å². The molecule has 228 valence electrons. The number of thioether (sulfide) groups is 1. The number of allylic oxidation sites excluding steroid dienone is 2. The Morgan fingerprint density at radius 2 is 1.70 bits per heavy atom. The van der Waals surface area contributed by atoms with Gasteiger partial charge < -0.3 is 20.7 Å². The molecule has 0 saturated carbocycles. The molecule has 0 spiro atoms. The molecule has 3 aromatic rings. The van der Waals surface area contributed by atoms with Crippen LogP contribution in [-0.4, -0.2) is 51.5 Å². The first-order chi connectivity index (χ1) is 21.0. The van der Waals surface area contributed by atoms with Crippen molar-refractivity contribution in [2.24, 2.45) is 0 Å². The number of nitrogens with zero attached hydrogens (tertiary/aromatic N) is 2. The molecular formula is C32H33N5O5S2. The molecule has 2 amide bonds. The van der Waals surface area contributed by atoms with E-state index >= 15 is 0 Å². The average Bonchev–Trinajstić information content (AvgIpc) is 3.01. The van der Waals surface area contributed by atoms with Gasteiger partial charge in [-0.15, -0.1) is 0 Å². The summed E-state index contributed by atoms with van der Waals surface area (Å²) >= 11 is 1.12. The van der Waals surface area contributed by atoms with E-state index in [2.05, 4.69) is 22.0 Å². The molecule has 3 N–H and O–H groups in total. The topological polar surface area (TPSA) is 141 Å². The molecular weight excluding hydrogens is 599 g/mol. The van der Waals surface area contributed by atoms with Crippen LogP contribution in [0.15, 0.2) is 99.6 Å². The Hall–Kier alpha value is -4.57. The van der Waals surface area contributed by atoms with E-state index < -0.39 is 27.8 Å². The number of nitriles is 1. The second-order valence-electron chi connectivity index (χ2n) is 10.1. The van der Waals surface area contributed by atoms with Crippen LogP contribution in [0.25, 0.3) is 0 Å². The summed E-state index contributed by atoms with van der Waals surface area (Å²) in [5.74, 6) is -1.06. The number of anilines is 2. The number of methoxy groups -OCH3 is 1. The van der Waals surface area contributed by atoms with Gasteiger partial charge in [0.05, 0.1) is 46.0 Å². The first-order valence-electron chi connectivity index (χ1n) is 13.5. The van der Waals surface area contributed by atoms with E-state index in [4.69, 9.17) is 4.74 Å². The van der Waals surface area contributed by atoms with Gasteiger partial charge in [-0.25, -0.2) is 12.7 Å². The monoisotopic (exact) mass is 631 g/mol. The lowest BCUT2D eigenvalue weighted by Crippen LogP contribution is -2.31. The largest absolute Gasteiger partial charge is 0.495 e. The van der Waals surface area contributed by atoms with Crippen LogP contribution in [-0.2, 0) is 19.6 Å². The fraction of sp³-hybridized carbons (Fsp3) is 0.219. The standard InChI is InChI=1S/C32H33N5O5S2/c1-20-15-16-23(17-27(20)44(40,41)37(3)4)35-28(38)19-43-32-24(18-33)30(22-11-7-6-8-12-22)29(21(2)34-32)31(39)36-25-13-9-10-14-26(25)42-5/h6-17,30,34H,19H2,1-5H3,(H,35,38)(H,36,39)/t30-/m1/s1. The van der Waals surface area contributed by atoms with Gasteiger partial charge >= 0.3 is 0 Å². The fourth-order valence-electron chi connectivity index (χ4n) is 4.73. The first-order valence-corrected chi connectivity index (χ1v) is 16.0. The normalized spacial score (nSPS) is 15.0. The summed E-state index contributed by atoms with van der Waals surface area (Å²) in [6.07, 6.45) is 0. The van der Waals surface area contributed by atoms with Crippen LogP contribution in [0.1, 0.15) is 24.0 Å². The Bertz CT molecular complexity index is 1790. The van der Waals surface area contributed by atoms with Gasteiger partial charge in [0.2, 0.25) is 15.9 Å². The summed E-state index contributed by atoms with van der Waals surface area (Å²) < 4.78 is 31.9. The molecule has 3 aromatic carbocycles. The molecule has 0 aromatic heterocycles. The highest BCUT2D eigenvalue weighted by molar-refractivity contribution is 8.03. The number of ether oxygens (including phenoxy) is 1. The minimum absolute atomic E-state index is 0.0747. The average molecular weight is 632 g/mol. The van der Waals surface area contributed by atoms with Crippen LogP contribution in [0, 0.1) is 18.3 Å². The zero-order chi connectivity index (χ0) is 32.0. The molecule has 1 aliphatic rings. The molecule has 12 heteroatoms. The smallest absolute Gasteiger partial charge is 0.254 e. The van der Waals surface area contributed by atoms with Gasteiger partial charge in [0.15, 0.2) is 0 Å². The lowest BCUT2D eigenvalue weighted by atomic mass is 9.82. The molecule has 0 bridgehead atoms. The van der Waals surface area contributed by atoms with Crippen LogP contribution in [0.3, 0.4) is 0 Å². The molecule has 0 saturated heterocycles. The number of para-hydroxylation sites is 2. The number of aryl methyl sites for hydroxylation is 1. The van der Waals surface area contributed by atoms with E-state index in [1.807, 2.05) is 30.3 Å². The van der Waals surface area contributed by atoms with Crippen LogP contribution < -0.4 is 20.7 Å². The Morgan fingerprint density at radius 1 is 1.02 bits per heavy atom. The Balaban J connectivity index is 1.60. The minimum Gasteiger partial charge on any atom is -0.495 e. The maximum atomic E-state index is 13.7. The minimum atomic E-state index is -3.70. The van der Waals surface area contributed by atoms with E-state index in [0.29, 0.717) is 44.6 Å². The Labute approximate surface area is 261 Å². The predicted molar refractivity (Wildman–Crippen MR) is 172 cm³/mol. The van der Waals surface area contributed by atoms with Crippen molar-refractivity contribution >= 4 is 45.0 Å². The van der Waals surface area contributed by atoms with E-state index in [1.54, 1.807) is 50.2 Å². The van der Waals surface area contributed by atoms with Crippen molar-refractivity contribution in [2.75, 3.05) is 37.6 Å². The van der Waals surface area contributed by atoms with Gasteiger partial charge in [0.25, 0.3) is 5.91 Å². The Kier molecular flexibility index (Phi) is 10.2. The SMILES string of the molecule is COc1ccccc1NC(=O)C1=C(C)NC(SCC(=O)Nc2ccc(C)c(S(=O)(=O)N(C)C)c2)=C(C#N)[C@H]1c1ccccc1. The van der Waals surface area contributed by atoms with Gasteiger partial charge in [0, 0.05) is 31.1 Å². The fourth-order valence-corrected chi connectivity index (χ4v) is 6.77. The third kappa shape index (κ3) is 6.97. The highest BCUT2D eigenvalue weighted by atomic mass is 32.2. The summed E-state index contributed by atoms with van der Waals surface area (Å²) in [5.41, 5.74) is 3.31. The maximum Gasteiger partial charge on any atom is 0.254 e. The van der Waals surface area contributed by atoms with Gasteiger partial charge in [-0.1, -0.05) is 60.3 Å². The molecule has 44 heavy (non-hydrogen) atoms. The number of benzene rings is 3. The molecule has 1 heterocycles. The summed E-state index contributed by atoms with van der Waals surface area (Å²) in [4.78, 5) is 26.8. The molecule has 0 radical (unpaired) electrons. The van der Waals surface area contributed by atoms with Gasteiger partial charge in [-0.2, -0.15) is 5.26 Å². The molecule has 4 rings (SSSR count). The van der Waals surface area contributed by atoms with Crippen LogP contribution in [0.5, 0.6) is 5.75 Å². The predicted octanol–water partition coefficient (Wildman–Crippen LogP) is 4.96. The summed E-state index contributed by atoms with van der Waals surface area (Å²) in [7, 11) is 0.707. The number of dihydropyridines is 1. The van der Waals surface area contributed by atoms with Crippen molar-refractivity contribution in [1.82, 2.24) is 9.62 Å². The maximum absolute atomic E-state index is 13.7. The van der Waals surface area contributed by atoms with E-state index in [-0.39, 0.29) is 10.6 Å². The summed E-state index contributed by atoms with van der Waals surface area (Å²) in [6, 6.07) is 23.2. The number of hydrogen-bond acceptors (Lipinski definition) is 8. The van der Waals surface area contributed by atoms with Gasteiger partial charge in [0.1, 0.15) is 5.75 Å². The highest BCUT2D eigenvalue weighted by Gasteiger charge is 2.35. The van der Waals surface area contributed by atoms with Crippen molar-refractivity contribution < 1.29 is 22.7 Å². The second-order valence-corrected chi connectivity index (χ2v) is 13.2. The zero-order valence-corrected chi connectivity index (χ0v) is 26.6. The summed E-state index contributed by atoms with van der Waals surface area (Å²) in [6.45, 7) is 3.44. The third-order valence-electron chi connectivity index (χ3n) is 6.96. The number of rotatable bonds is 10. The zero-order valence-electron chi connectivity index (χ0n) is 25.0. The van der Waals surface area contributed by atoms with E-state index in [9.17, 15) is 23.3 Å². The second kappa shape index (κ2) is 13.8. The number of nitrogens with one attached hydrogen (secondary N) is 3. The number of carbonyl (C=O) groups excluding carboxylic acids is 2. The van der Waals surface area contributed by atoms with E-state index in [0.717, 1.165) is 21.6 Å².